The van der Waals surface area contributed by atoms with E-state index in [4.69, 9.17) is 5.73 Å². The van der Waals surface area contributed by atoms with Crippen LogP contribution in [0.15, 0.2) is 0 Å². The van der Waals surface area contributed by atoms with Crippen LogP contribution in [0.3, 0.4) is 0 Å². The maximum Gasteiger partial charge on any atom is 0.0339 e. The highest BCUT2D eigenvalue weighted by molar-refractivity contribution is 5.02. The molecule has 0 spiro atoms. The van der Waals surface area contributed by atoms with Gasteiger partial charge in [-0.1, -0.05) is 20.8 Å². The molecule has 124 valence electrons. The Balaban J connectivity index is 2.02. The van der Waals surface area contributed by atoms with Gasteiger partial charge in [-0.05, 0) is 76.5 Å². The van der Waals surface area contributed by atoms with Crippen molar-refractivity contribution in [2.45, 2.75) is 58.4 Å². The lowest BCUT2D eigenvalue weighted by Crippen LogP contribution is -2.61. The molecule has 2 N–H and O–H groups in total. The van der Waals surface area contributed by atoms with Gasteiger partial charge in [-0.25, -0.2) is 0 Å². The second kappa shape index (κ2) is 6.55. The molecule has 3 nitrogen and oxygen atoms in total. The Bertz CT molecular complexity index is 331. The van der Waals surface area contributed by atoms with E-state index >= 15 is 0 Å². The minimum atomic E-state index is 0.268. The minimum absolute atomic E-state index is 0.268. The predicted octanol–water partition coefficient (Wildman–Crippen LogP) is 2.80. The molecule has 0 bridgehead atoms. The zero-order valence-electron chi connectivity index (χ0n) is 15.0. The first-order chi connectivity index (χ1) is 9.76. The molecular formula is C18H37N3. The lowest BCUT2D eigenvalue weighted by atomic mass is 9.63. The van der Waals surface area contributed by atoms with E-state index in [1.54, 1.807) is 0 Å². The van der Waals surface area contributed by atoms with Crippen LogP contribution < -0.4 is 5.73 Å². The van der Waals surface area contributed by atoms with E-state index in [9.17, 15) is 0 Å². The topological polar surface area (TPSA) is 32.5 Å². The number of nitrogens with zero attached hydrogens (tertiary/aromatic N) is 2. The summed E-state index contributed by atoms with van der Waals surface area (Å²) in [6, 6.07) is 0. The molecule has 1 aliphatic carbocycles. The molecule has 2 rings (SSSR count). The zero-order valence-corrected chi connectivity index (χ0v) is 15.0. The van der Waals surface area contributed by atoms with E-state index in [0.717, 1.165) is 18.4 Å². The Morgan fingerprint density at radius 1 is 1.14 bits per heavy atom. The third kappa shape index (κ3) is 4.20. The van der Waals surface area contributed by atoms with Gasteiger partial charge in [0.2, 0.25) is 0 Å². The molecule has 0 aromatic rings. The van der Waals surface area contributed by atoms with Gasteiger partial charge in [-0.2, -0.15) is 0 Å². The van der Waals surface area contributed by atoms with Gasteiger partial charge < -0.3 is 10.6 Å². The third-order valence-electron chi connectivity index (χ3n) is 5.73. The van der Waals surface area contributed by atoms with Crippen LogP contribution in [0.2, 0.25) is 0 Å². The normalized spacial score (nSPS) is 35.3. The molecule has 1 saturated heterocycles. The zero-order chi connectivity index (χ0) is 15.7. The van der Waals surface area contributed by atoms with E-state index in [1.807, 2.05) is 0 Å². The van der Waals surface area contributed by atoms with Crippen LogP contribution >= 0.6 is 0 Å². The quantitative estimate of drug-likeness (QED) is 0.865. The van der Waals surface area contributed by atoms with Crippen LogP contribution in [0.4, 0.5) is 0 Å². The van der Waals surface area contributed by atoms with E-state index < -0.39 is 0 Å². The van der Waals surface area contributed by atoms with Crippen LogP contribution in [0.25, 0.3) is 0 Å². The van der Waals surface area contributed by atoms with Crippen LogP contribution in [0.5, 0.6) is 0 Å². The first-order valence-corrected chi connectivity index (χ1v) is 8.86. The molecule has 0 aromatic carbocycles. The largest absolute Gasteiger partial charge is 0.329 e. The van der Waals surface area contributed by atoms with Crippen molar-refractivity contribution < 1.29 is 0 Å². The van der Waals surface area contributed by atoms with Crippen molar-refractivity contribution >= 4 is 0 Å². The molecule has 0 radical (unpaired) electrons. The molecule has 3 heteroatoms. The predicted molar refractivity (Wildman–Crippen MR) is 91.4 cm³/mol. The van der Waals surface area contributed by atoms with E-state index in [0.29, 0.717) is 5.41 Å². The number of nitrogens with two attached hydrogens (primary N) is 1. The summed E-state index contributed by atoms with van der Waals surface area (Å²) in [4.78, 5) is 5.10. The summed E-state index contributed by atoms with van der Waals surface area (Å²) in [7, 11) is 4.39. The number of hydrogen-bond donors (Lipinski definition) is 1. The van der Waals surface area contributed by atoms with Gasteiger partial charge >= 0.3 is 0 Å². The van der Waals surface area contributed by atoms with Crippen LogP contribution in [-0.2, 0) is 0 Å². The fourth-order valence-electron chi connectivity index (χ4n) is 5.33. The highest BCUT2D eigenvalue weighted by atomic mass is 15.2. The number of hydrogen-bond acceptors (Lipinski definition) is 3. The summed E-state index contributed by atoms with van der Waals surface area (Å²) < 4.78 is 0. The van der Waals surface area contributed by atoms with Crippen molar-refractivity contribution in [3.8, 4) is 0 Å². The number of likely N-dealkylation sites (tertiary alicyclic amines) is 1. The summed E-state index contributed by atoms with van der Waals surface area (Å²) in [6.45, 7) is 11.9. The van der Waals surface area contributed by atoms with Gasteiger partial charge in [0.15, 0.2) is 0 Å². The molecular weight excluding hydrogens is 258 g/mol. The lowest BCUT2D eigenvalue weighted by Gasteiger charge is -2.54. The minimum Gasteiger partial charge on any atom is -0.329 e. The van der Waals surface area contributed by atoms with Gasteiger partial charge in [0.05, 0.1) is 0 Å². The average Bonchev–Trinajstić information content (AvgIpc) is 2.36. The summed E-state index contributed by atoms with van der Waals surface area (Å²) in [5.74, 6) is 1.68. The summed E-state index contributed by atoms with van der Waals surface area (Å²) in [5, 5.41) is 0. The highest BCUT2D eigenvalue weighted by Gasteiger charge is 2.46. The average molecular weight is 296 g/mol. The third-order valence-corrected chi connectivity index (χ3v) is 5.73. The first-order valence-electron chi connectivity index (χ1n) is 8.86. The molecule has 2 unspecified atom stereocenters. The Kier molecular flexibility index (Phi) is 5.38. The van der Waals surface area contributed by atoms with Gasteiger partial charge in [-0.15, -0.1) is 0 Å². The summed E-state index contributed by atoms with van der Waals surface area (Å²) in [5.41, 5.74) is 7.03. The number of rotatable bonds is 4. The van der Waals surface area contributed by atoms with Crippen molar-refractivity contribution in [3.63, 3.8) is 0 Å². The Morgan fingerprint density at radius 2 is 1.76 bits per heavy atom. The second-order valence-electron chi connectivity index (χ2n) is 8.98. The van der Waals surface area contributed by atoms with Crippen molar-refractivity contribution in [1.29, 1.82) is 0 Å². The standard InChI is InChI=1S/C18H37N3/c1-15-10-17(2,3)13-18(11-15,14-19)21-8-6-16(7-9-21)12-20(4)5/h15-16H,6-14,19H2,1-5H3. The molecule has 1 heterocycles. The van der Waals surface area contributed by atoms with Crippen molar-refractivity contribution in [2.75, 3.05) is 40.3 Å². The monoisotopic (exact) mass is 295 g/mol. The fourth-order valence-corrected chi connectivity index (χ4v) is 5.33. The van der Waals surface area contributed by atoms with E-state index in [-0.39, 0.29) is 5.54 Å². The number of piperidine rings is 1. The van der Waals surface area contributed by atoms with Crippen LogP contribution in [0, 0.1) is 17.3 Å². The van der Waals surface area contributed by atoms with Gasteiger partial charge in [-0.3, -0.25) is 4.90 Å². The lowest BCUT2D eigenvalue weighted by molar-refractivity contribution is -0.0300. The van der Waals surface area contributed by atoms with Crippen LogP contribution in [0.1, 0.15) is 52.9 Å². The molecule has 0 amide bonds. The van der Waals surface area contributed by atoms with Crippen molar-refractivity contribution in [2.24, 2.45) is 23.0 Å². The molecule has 1 saturated carbocycles. The van der Waals surface area contributed by atoms with E-state index in [1.165, 1.54) is 51.7 Å². The Hall–Kier alpha value is -0.120. The maximum atomic E-state index is 6.32. The van der Waals surface area contributed by atoms with Gasteiger partial charge in [0.25, 0.3) is 0 Å². The van der Waals surface area contributed by atoms with Crippen LogP contribution in [-0.4, -0.2) is 55.6 Å². The second-order valence-corrected chi connectivity index (χ2v) is 8.98. The Morgan fingerprint density at radius 3 is 2.24 bits per heavy atom. The molecule has 2 aliphatic rings. The Labute approximate surface area is 132 Å². The van der Waals surface area contributed by atoms with Crippen molar-refractivity contribution in [1.82, 2.24) is 9.80 Å². The van der Waals surface area contributed by atoms with E-state index in [2.05, 4.69) is 44.7 Å². The molecule has 21 heavy (non-hydrogen) atoms. The first kappa shape index (κ1) is 17.2. The maximum absolute atomic E-state index is 6.32. The summed E-state index contributed by atoms with van der Waals surface area (Å²) >= 11 is 0. The summed E-state index contributed by atoms with van der Waals surface area (Å²) in [6.07, 6.45) is 6.61. The molecule has 1 aliphatic heterocycles. The van der Waals surface area contributed by atoms with Gasteiger partial charge in [0, 0.05) is 18.6 Å². The highest BCUT2D eigenvalue weighted by Crippen LogP contribution is 2.47. The fraction of sp³-hybridized carbons (Fsp3) is 1.00. The molecule has 2 fully saturated rings. The molecule has 0 aromatic heterocycles. The SMILES string of the molecule is CC1CC(C)(C)CC(CN)(N2CCC(CN(C)C)CC2)C1. The van der Waals surface area contributed by atoms with Gasteiger partial charge in [0.1, 0.15) is 0 Å². The molecule has 2 atom stereocenters. The van der Waals surface area contributed by atoms with Crippen molar-refractivity contribution in [3.05, 3.63) is 0 Å². The smallest absolute Gasteiger partial charge is 0.0339 e.